The van der Waals surface area contributed by atoms with Gasteiger partial charge in [0.15, 0.2) is 11.6 Å². The molecule has 7 unspecified atom stereocenters. The molecule has 4 aliphatic carbocycles. The minimum atomic E-state index is -0.455. The molecule has 4 rings (SSSR count). The molecular weight excluding hydrogens is 348 g/mol. The summed E-state index contributed by atoms with van der Waals surface area (Å²) < 4.78 is 0. The summed E-state index contributed by atoms with van der Waals surface area (Å²) in [5.41, 5.74) is 0.765. The van der Waals surface area contributed by atoms with Crippen LogP contribution in [-0.2, 0) is 9.59 Å². The molecule has 0 aromatic heterocycles. The molecule has 4 aliphatic rings. The van der Waals surface area contributed by atoms with Gasteiger partial charge in [-0.05, 0) is 61.0 Å². The van der Waals surface area contributed by atoms with Crippen molar-refractivity contribution in [3.05, 3.63) is 23.8 Å². The lowest BCUT2D eigenvalue weighted by atomic mass is 9.46. The van der Waals surface area contributed by atoms with E-state index in [1.807, 2.05) is 6.08 Å². The molecule has 26 heavy (non-hydrogen) atoms. The number of Topliss-reactive ketones (excluding diaryl/α,β-unsaturated/α-hetero) is 1. The number of hydrogen-bond donors (Lipinski definition) is 1. The molecule has 142 valence electrons. The molecule has 0 aliphatic heterocycles. The van der Waals surface area contributed by atoms with E-state index >= 15 is 0 Å². The van der Waals surface area contributed by atoms with Gasteiger partial charge in [0.25, 0.3) is 0 Å². The van der Waals surface area contributed by atoms with Crippen LogP contribution in [0.2, 0.25) is 0 Å². The van der Waals surface area contributed by atoms with Crippen LogP contribution in [0.15, 0.2) is 23.8 Å². The van der Waals surface area contributed by atoms with Gasteiger partial charge in [0.1, 0.15) is 0 Å². The number of aliphatic hydroxyl groups is 1. The zero-order valence-corrected chi connectivity index (χ0v) is 16.6. The molecule has 8 atom stereocenters. The van der Waals surface area contributed by atoms with E-state index in [0.29, 0.717) is 24.2 Å². The molecular formula is C22H29ClO3. The molecule has 0 amide bonds. The molecule has 1 N–H and O–H groups in total. The number of alkyl halides is 1. The average Bonchev–Trinajstić information content (AvgIpc) is 2.84. The molecule has 0 aromatic rings. The summed E-state index contributed by atoms with van der Waals surface area (Å²) >= 11 is 5.93. The number of allylic oxidation sites excluding steroid dienone is 4. The van der Waals surface area contributed by atoms with Crippen LogP contribution < -0.4 is 0 Å². The molecule has 0 heterocycles. The highest BCUT2D eigenvalue weighted by atomic mass is 35.5. The van der Waals surface area contributed by atoms with E-state index in [-0.39, 0.29) is 40.1 Å². The summed E-state index contributed by atoms with van der Waals surface area (Å²) in [6.45, 7) is 6.57. The SMILES string of the molecule is C[C@@H]1CC2C3CCC4=CC(=O)C=CC4(C)C3C(O)CC2(C)C1C(=O)CCl. The lowest BCUT2D eigenvalue weighted by Gasteiger charge is -2.58. The highest BCUT2D eigenvalue weighted by molar-refractivity contribution is 6.28. The first-order valence-electron chi connectivity index (χ1n) is 9.93. The van der Waals surface area contributed by atoms with Crippen LogP contribution in [0, 0.1) is 40.4 Å². The van der Waals surface area contributed by atoms with Gasteiger partial charge in [0.05, 0.1) is 12.0 Å². The number of rotatable bonds is 2. The normalized spacial score (nSPS) is 49.9. The van der Waals surface area contributed by atoms with Gasteiger partial charge < -0.3 is 5.11 Å². The van der Waals surface area contributed by atoms with Gasteiger partial charge >= 0.3 is 0 Å². The minimum absolute atomic E-state index is 0.0474. The van der Waals surface area contributed by atoms with Gasteiger partial charge in [0.2, 0.25) is 0 Å². The Morgan fingerprint density at radius 3 is 2.81 bits per heavy atom. The minimum Gasteiger partial charge on any atom is -0.393 e. The van der Waals surface area contributed by atoms with Gasteiger partial charge in [-0.2, -0.15) is 0 Å². The van der Waals surface area contributed by atoms with Crippen molar-refractivity contribution < 1.29 is 14.7 Å². The van der Waals surface area contributed by atoms with E-state index in [1.165, 1.54) is 5.57 Å². The fourth-order valence-corrected chi connectivity index (χ4v) is 7.63. The van der Waals surface area contributed by atoms with Gasteiger partial charge in [-0.1, -0.05) is 32.4 Å². The van der Waals surface area contributed by atoms with Gasteiger partial charge in [-0.25, -0.2) is 0 Å². The first-order chi connectivity index (χ1) is 12.2. The van der Waals surface area contributed by atoms with Crippen molar-refractivity contribution in [2.45, 2.75) is 52.6 Å². The Kier molecular flexibility index (Phi) is 4.28. The topological polar surface area (TPSA) is 54.4 Å². The summed E-state index contributed by atoms with van der Waals surface area (Å²) in [4.78, 5) is 24.5. The van der Waals surface area contributed by atoms with Crippen LogP contribution in [0.25, 0.3) is 0 Å². The van der Waals surface area contributed by atoms with Gasteiger partial charge in [-0.15, -0.1) is 11.6 Å². The highest BCUT2D eigenvalue weighted by Gasteiger charge is 2.64. The van der Waals surface area contributed by atoms with Crippen molar-refractivity contribution in [2.75, 3.05) is 5.88 Å². The monoisotopic (exact) mass is 376 g/mol. The molecule has 0 radical (unpaired) electrons. The number of halogens is 1. The Hall–Kier alpha value is -0.930. The Bertz CT molecular complexity index is 710. The summed E-state index contributed by atoms with van der Waals surface area (Å²) in [5, 5.41) is 11.3. The second-order valence-corrected chi connectivity index (χ2v) is 9.86. The van der Waals surface area contributed by atoms with E-state index < -0.39 is 6.10 Å². The van der Waals surface area contributed by atoms with Crippen LogP contribution in [0.3, 0.4) is 0 Å². The van der Waals surface area contributed by atoms with Gasteiger partial charge in [-0.3, -0.25) is 9.59 Å². The average molecular weight is 377 g/mol. The zero-order chi connectivity index (χ0) is 18.9. The Morgan fingerprint density at radius 2 is 2.12 bits per heavy atom. The number of ketones is 2. The summed E-state index contributed by atoms with van der Waals surface area (Å²) in [7, 11) is 0. The van der Waals surface area contributed by atoms with Crippen molar-refractivity contribution in [3.63, 3.8) is 0 Å². The van der Waals surface area contributed by atoms with E-state index in [0.717, 1.165) is 19.3 Å². The van der Waals surface area contributed by atoms with Crippen molar-refractivity contribution in [2.24, 2.45) is 40.4 Å². The van der Waals surface area contributed by atoms with Gasteiger partial charge in [0, 0.05) is 17.3 Å². The maximum absolute atomic E-state index is 12.6. The lowest BCUT2D eigenvalue weighted by Crippen LogP contribution is -2.56. The molecule has 3 nitrogen and oxygen atoms in total. The van der Waals surface area contributed by atoms with E-state index in [2.05, 4.69) is 20.8 Å². The van der Waals surface area contributed by atoms with Crippen molar-refractivity contribution in [1.82, 2.24) is 0 Å². The maximum atomic E-state index is 12.6. The molecule has 0 saturated heterocycles. The second-order valence-electron chi connectivity index (χ2n) is 9.59. The first-order valence-corrected chi connectivity index (χ1v) is 10.5. The second kappa shape index (κ2) is 6.04. The summed E-state index contributed by atoms with van der Waals surface area (Å²) in [5.74, 6) is 1.49. The van der Waals surface area contributed by atoms with Crippen LogP contribution in [0.1, 0.15) is 46.5 Å². The molecule has 3 saturated carbocycles. The predicted molar refractivity (Wildman–Crippen MR) is 102 cm³/mol. The molecule has 0 aromatic carbocycles. The smallest absolute Gasteiger partial charge is 0.178 e. The van der Waals surface area contributed by atoms with Crippen LogP contribution in [0.5, 0.6) is 0 Å². The number of hydrogen-bond acceptors (Lipinski definition) is 3. The third kappa shape index (κ3) is 2.36. The summed E-state index contributed by atoms with van der Waals surface area (Å²) in [6.07, 6.45) is 8.64. The fraction of sp³-hybridized carbons (Fsp3) is 0.727. The third-order valence-electron chi connectivity index (χ3n) is 8.31. The van der Waals surface area contributed by atoms with Crippen molar-refractivity contribution in [1.29, 1.82) is 0 Å². The first kappa shape index (κ1) is 18.4. The Labute approximate surface area is 160 Å². The van der Waals surface area contributed by atoms with E-state index in [4.69, 9.17) is 11.6 Å². The third-order valence-corrected chi connectivity index (χ3v) is 8.58. The van der Waals surface area contributed by atoms with Crippen LogP contribution in [0.4, 0.5) is 0 Å². The molecule has 0 bridgehead atoms. The van der Waals surface area contributed by atoms with Crippen molar-refractivity contribution in [3.8, 4) is 0 Å². The van der Waals surface area contributed by atoms with Crippen molar-refractivity contribution >= 4 is 23.2 Å². The van der Waals surface area contributed by atoms with E-state index in [1.54, 1.807) is 12.2 Å². The number of carbonyl (C=O) groups excluding carboxylic acids is 2. The molecule has 0 spiro atoms. The van der Waals surface area contributed by atoms with Crippen LogP contribution in [-0.4, -0.2) is 28.7 Å². The lowest BCUT2D eigenvalue weighted by molar-refractivity contribution is -0.138. The van der Waals surface area contributed by atoms with E-state index in [9.17, 15) is 14.7 Å². The largest absolute Gasteiger partial charge is 0.393 e. The Morgan fingerprint density at radius 1 is 1.38 bits per heavy atom. The predicted octanol–water partition coefficient (Wildman–Crippen LogP) is 3.94. The quantitative estimate of drug-likeness (QED) is 0.743. The van der Waals surface area contributed by atoms with Crippen LogP contribution >= 0.6 is 11.6 Å². The zero-order valence-electron chi connectivity index (χ0n) is 15.9. The molecule has 4 heteroatoms. The number of carbonyl (C=O) groups is 2. The highest BCUT2D eigenvalue weighted by Crippen LogP contribution is 2.67. The number of aliphatic hydroxyl groups excluding tert-OH is 1. The standard InChI is InChI=1S/C22H29ClO3/c1-12-8-16-15-5-4-13-9-14(24)6-7-21(13,2)20(15)17(25)10-22(16,3)19(12)18(26)11-23/h6-7,9,12,15-17,19-20,25H,4-5,8,10-11H2,1-3H3/t12-,15?,16?,17?,19?,20?,21?,22?/m1/s1. The Balaban J connectivity index is 1.74. The summed E-state index contributed by atoms with van der Waals surface area (Å²) in [6, 6.07) is 0. The number of fused-ring (bicyclic) bond motifs is 5. The maximum Gasteiger partial charge on any atom is 0.178 e. The molecule has 3 fully saturated rings. The fourth-order valence-electron chi connectivity index (χ4n) is 7.46.